The molecule has 0 saturated carbocycles. The zero-order chi connectivity index (χ0) is 13.5. The normalized spacial score (nSPS) is 22.5. The molecule has 1 rings (SSSR count). The molecule has 0 atom stereocenters. The predicted molar refractivity (Wildman–Crippen MR) is 76.0 cm³/mol. The molecule has 0 aromatic heterocycles. The summed E-state index contributed by atoms with van der Waals surface area (Å²) >= 11 is 2.50. The SMILES string of the molecule is CC(C)(C)OP(=O)(OC(C)(C)C)C1SC(=N)S1. The highest BCUT2D eigenvalue weighted by Crippen LogP contribution is 2.69. The summed E-state index contributed by atoms with van der Waals surface area (Å²) in [6.07, 6.45) is 0. The average Bonchev–Trinajstić information content (AvgIpc) is 1.90. The fourth-order valence-corrected chi connectivity index (χ4v) is 6.78. The fraction of sp³-hybridized carbons (Fsp3) is 0.900. The largest absolute Gasteiger partial charge is 0.355 e. The van der Waals surface area contributed by atoms with Crippen LogP contribution >= 0.6 is 31.1 Å². The minimum absolute atomic E-state index is 0.312. The molecule has 1 heterocycles. The van der Waals surface area contributed by atoms with E-state index in [1.165, 1.54) is 23.5 Å². The summed E-state index contributed by atoms with van der Waals surface area (Å²) < 4.78 is 24.2. The maximum absolute atomic E-state index is 12.8. The van der Waals surface area contributed by atoms with Gasteiger partial charge in [-0.15, -0.1) is 0 Å². The number of rotatable bonds is 3. The van der Waals surface area contributed by atoms with E-state index in [1.54, 1.807) is 0 Å². The monoisotopic (exact) mass is 297 g/mol. The molecule has 0 aromatic carbocycles. The van der Waals surface area contributed by atoms with Crippen LogP contribution in [0.15, 0.2) is 0 Å². The highest BCUT2D eigenvalue weighted by atomic mass is 32.3. The maximum Gasteiger partial charge on any atom is 0.355 e. The van der Waals surface area contributed by atoms with E-state index in [1.807, 2.05) is 41.5 Å². The summed E-state index contributed by atoms with van der Waals surface area (Å²) in [6, 6.07) is 0. The van der Waals surface area contributed by atoms with Gasteiger partial charge in [0.1, 0.15) is 4.38 Å². The minimum atomic E-state index is -3.22. The van der Waals surface area contributed by atoms with Crippen molar-refractivity contribution in [2.45, 2.75) is 57.1 Å². The molecule has 1 aliphatic heterocycles. The Kier molecular flexibility index (Phi) is 4.48. The summed E-state index contributed by atoms with van der Waals surface area (Å²) in [4.78, 5) is 0. The van der Waals surface area contributed by atoms with Gasteiger partial charge >= 0.3 is 7.60 Å². The van der Waals surface area contributed by atoms with Crippen LogP contribution < -0.4 is 0 Å². The molecule has 4 nitrogen and oxygen atoms in total. The molecule has 1 fully saturated rings. The minimum Gasteiger partial charge on any atom is -0.301 e. The van der Waals surface area contributed by atoms with Gasteiger partial charge in [-0.05, 0) is 41.5 Å². The van der Waals surface area contributed by atoms with Crippen LogP contribution in [-0.2, 0) is 13.6 Å². The Morgan fingerprint density at radius 3 is 1.65 bits per heavy atom. The van der Waals surface area contributed by atoms with Crippen LogP contribution in [0.5, 0.6) is 0 Å². The van der Waals surface area contributed by atoms with Gasteiger partial charge in [0, 0.05) is 0 Å². The molecule has 0 bridgehead atoms. The Morgan fingerprint density at radius 2 is 1.41 bits per heavy atom. The number of thioether (sulfide) groups is 2. The Hall–Kier alpha value is 0.520. The molecular formula is C10H20NO3PS2. The van der Waals surface area contributed by atoms with E-state index in [-0.39, 0.29) is 4.32 Å². The fourth-order valence-electron chi connectivity index (χ4n) is 1.19. The Bertz CT molecular complexity index is 332. The molecule has 17 heavy (non-hydrogen) atoms. The van der Waals surface area contributed by atoms with Crippen LogP contribution in [0, 0.1) is 5.41 Å². The van der Waals surface area contributed by atoms with E-state index in [4.69, 9.17) is 14.5 Å². The van der Waals surface area contributed by atoms with E-state index in [0.717, 1.165) is 0 Å². The molecule has 1 N–H and O–H groups in total. The van der Waals surface area contributed by atoms with Gasteiger partial charge in [0.2, 0.25) is 0 Å². The standard InChI is InChI=1S/C10H20NO3PS2/c1-9(2,3)13-15(12,14-10(4,5)6)8-16-7(11)17-8/h8,11H,1-6H3. The summed E-state index contributed by atoms with van der Waals surface area (Å²) in [6.45, 7) is 11.1. The zero-order valence-electron chi connectivity index (χ0n) is 11.1. The highest BCUT2D eigenvalue weighted by Gasteiger charge is 2.49. The van der Waals surface area contributed by atoms with Gasteiger partial charge in [-0.3, -0.25) is 9.97 Å². The van der Waals surface area contributed by atoms with Crippen molar-refractivity contribution in [2.75, 3.05) is 0 Å². The van der Waals surface area contributed by atoms with Gasteiger partial charge < -0.3 is 9.05 Å². The topological polar surface area (TPSA) is 59.4 Å². The molecular weight excluding hydrogens is 277 g/mol. The highest BCUT2D eigenvalue weighted by molar-refractivity contribution is 8.56. The van der Waals surface area contributed by atoms with E-state index >= 15 is 0 Å². The Labute approximate surface area is 112 Å². The second-order valence-corrected chi connectivity index (χ2v) is 11.2. The molecule has 0 aliphatic carbocycles. The maximum atomic E-state index is 12.8. The van der Waals surface area contributed by atoms with Crippen LogP contribution in [0.4, 0.5) is 0 Å². The van der Waals surface area contributed by atoms with Crippen LogP contribution in [0.25, 0.3) is 0 Å². The van der Waals surface area contributed by atoms with Crippen molar-refractivity contribution in [1.29, 1.82) is 5.41 Å². The second-order valence-electron chi connectivity index (χ2n) is 5.78. The van der Waals surface area contributed by atoms with Crippen molar-refractivity contribution < 1.29 is 13.6 Å². The van der Waals surface area contributed by atoms with Crippen LogP contribution in [-0.4, -0.2) is 19.9 Å². The van der Waals surface area contributed by atoms with E-state index in [0.29, 0.717) is 4.38 Å². The van der Waals surface area contributed by atoms with Gasteiger partial charge in [0.15, 0.2) is 4.32 Å². The third-order valence-corrected chi connectivity index (χ3v) is 7.76. The van der Waals surface area contributed by atoms with Gasteiger partial charge in [-0.1, -0.05) is 23.5 Å². The van der Waals surface area contributed by atoms with Gasteiger partial charge in [0.25, 0.3) is 0 Å². The first kappa shape index (κ1) is 15.6. The summed E-state index contributed by atoms with van der Waals surface area (Å²) in [5, 5.41) is 7.40. The lowest BCUT2D eigenvalue weighted by molar-refractivity contribution is 0.0504. The van der Waals surface area contributed by atoms with Crippen molar-refractivity contribution >= 4 is 35.5 Å². The number of nitrogens with one attached hydrogen (secondary N) is 1. The van der Waals surface area contributed by atoms with Crippen molar-refractivity contribution in [3.63, 3.8) is 0 Å². The lowest BCUT2D eigenvalue weighted by atomic mass is 10.2. The first-order valence-corrected chi connectivity index (χ1v) is 8.71. The van der Waals surface area contributed by atoms with Crippen molar-refractivity contribution in [3.05, 3.63) is 0 Å². The smallest absolute Gasteiger partial charge is 0.301 e. The number of hydrogen-bond acceptors (Lipinski definition) is 6. The van der Waals surface area contributed by atoms with Crippen molar-refractivity contribution in [3.8, 4) is 0 Å². The van der Waals surface area contributed by atoms with Crippen molar-refractivity contribution in [2.24, 2.45) is 0 Å². The lowest BCUT2D eigenvalue weighted by Crippen LogP contribution is -2.29. The Morgan fingerprint density at radius 1 is 1.06 bits per heavy atom. The van der Waals surface area contributed by atoms with Crippen LogP contribution in [0.2, 0.25) is 0 Å². The molecule has 1 aliphatic rings. The molecule has 0 spiro atoms. The zero-order valence-corrected chi connectivity index (χ0v) is 13.6. The lowest BCUT2D eigenvalue weighted by Gasteiger charge is -2.38. The second kappa shape index (κ2) is 4.89. The van der Waals surface area contributed by atoms with E-state index < -0.39 is 18.8 Å². The number of hydrogen-bond donors (Lipinski definition) is 1. The molecule has 0 amide bonds. The van der Waals surface area contributed by atoms with Crippen molar-refractivity contribution in [1.82, 2.24) is 0 Å². The predicted octanol–water partition coefficient (Wildman–Crippen LogP) is 4.51. The first-order chi connectivity index (χ1) is 7.41. The first-order valence-electron chi connectivity index (χ1n) is 5.34. The summed E-state index contributed by atoms with van der Waals surface area (Å²) in [5.41, 5.74) is -1.06. The molecule has 7 heteroatoms. The summed E-state index contributed by atoms with van der Waals surface area (Å²) in [7, 11) is -3.22. The average molecular weight is 297 g/mol. The van der Waals surface area contributed by atoms with Gasteiger partial charge in [-0.2, -0.15) is 0 Å². The third-order valence-electron chi connectivity index (χ3n) is 1.48. The van der Waals surface area contributed by atoms with Crippen LogP contribution in [0.3, 0.4) is 0 Å². The summed E-state index contributed by atoms with van der Waals surface area (Å²) in [5.74, 6) is 0. The molecule has 0 unspecified atom stereocenters. The van der Waals surface area contributed by atoms with Gasteiger partial charge in [-0.25, -0.2) is 0 Å². The molecule has 0 radical (unpaired) electrons. The molecule has 1 saturated heterocycles. The van der Waals surface area contributed by atoms with Crippen LogP contribution in [0.1, 0.15) is 41.5 Å². The third kappa shape index (κ3) is 4.95. The quantitative estimate of drug-likeness (QED) is 0.777. The van der Waals surface area contributed by atoms with E-state index in [9.17, 15) is 4.57 Å². The van der Waals surface area contributed by atoms with Gasteiger partial charge in [0.05, 0.1) is 11.2 Å². The molecule has 0 aromatic rings. The van der Waals surface area contributed by atoms with E-state index in [2.05, 4.69) is 0 Å². The Balaban J connectivity index is 2.85. The molecule has 100 valence electrons.